The highest BCUT2D eigenvalue weighted by atomic mass is 79.9. The lowest BCUT2D eigenvalue weighted by molar-refractivity contribution is 0.399. The van der Waals surface area contributed by atoms with Crippen LogP contribution in [0, 0.1) is 0 Å². The van der Waals surface area contributed by atoms with Crippen LogP contribution >= 0.6 is 27.5 Å². The van der Waals surface area contributed by atoms with Gasteiger partial charge in [0.2, 0.25) is 0 Å². The fourth-order valence-corrected chi connectivity index (χ4v) is 2.15. The van der Waals surface area contributed by atoms with E-state index in [0.29, 0.717) is 11.2 Å². The van der Waals surface area contributed by atoms with Gasteiger partial charge in [-0.25, -0.2) is 9.97 Å². The summed E-state index contributed by atoms with van der Waals surface area (Å²) in [4.78, 5) is 10.3. The van der Waals surface area contributed by atoms with E-state index in [2.05, 4.69) is 30.8 Å². The molecule has 0 N–H and O–H groups in total. The third kappa shape index (κ3) is 1.73. The minimum atomic E-state index is 0.473. The summed E-state index contributed by atoms with van der Waals surface area (Å²) in [6.07, 6.45) is 5.29. The van der Waals surface area contributed by atoms with Crippen molar-refractivity contribution in [1.82, 2.24) is 9.97 Å². The van der Waals surface area contributed by atoms with Crippen molar-refractivity contribution >= 4 is 33.3 Å². The maximum atomic E-state index is 5.90. The molecule has 0 amide bonds. The monoisotopic (exact) mass is 275 g/mol. The lowest BCUT2D eigenvalue weighted by Crippen LogP contribution is -2.37. The Hall–Kier alpha value is -0.350. The molecule has 1 aromatic heterocycles. The zero-order valence-corrected chi connectivity index (χ0v) is 10.2. The lowest BCUT2D eigenvalue weighted by atomic mass is 9.92. The molecule has 1 fully saturated rings. The molecule has 0 atom stereocenters. The average molecular weight is 277 g/mol. The highest BCUT2D eigenvalue weighted by Gasteiger charge is 2.24. The molecule has 14 heavy (non-hydrogen) atoms. The Morgan fingerprint density at radius 3 is 2.79 bits per heavy atom. The summed E-state index contributed by atoms with van der Waals surface area (Å²) in [6.45, 7) is 0. The Bertz CT molecular complexity index is 341. The Labute approximate surface area is 96.6 Å². The van der Waals surface area contributed by atoms with Crippen LogP contribution in [0.5, 0.6) is 0 Å². The molecule has 0 bridgehead atoms. The number of halogens is 2. The standard InChI is InChI=1S/C9H11BrClN3/c1-14(6-3-2-4-6)9-7(10)8(11)12-5-13-9/h5-6H,2-4H2,1H3. The largest absolute Gasteiger partial charge is 0.356 e. The van der Waals surface area contributed by atoms with Gasteiger partial charge in [0.1, 0.15) is 17.3 Å². The average Bonchev–Trinajstić information content (AvgIpc) is 2.06. The SMILES string of the molecule is CN(c1ncnc(Cl)c1Br)C1CCC1. The summed E-state index contributed by atoms with van der Waals surface area (Å²) >= 11 is 9.30. The maximum Gasteiger partial charge on any atom is 0.148 e. The van der Waals surface area contributed by atoms with Crippen LogP contribution in [0.2, 0.25) is 5.15 Å². The van der Waals surface area contributed by atoms with Crippen molar-refractivity contribution in [2.75, 3.05) is 11.9 Å². The van der Waals surface area contributed by atoms with E-state index in [4.69, 9.17) is 11.6 Å². The van der Waals surface area contributed by atoms with Gasteiger partial charge in [-0.1, -0.05) is 11.6 Å². The molecule has 1 aliphatic rings. The third-order valence-electron chi connectivity index (χ3n) is 2.69. The summed E-state index contributed by atoms with van der Waals surface area (Å²) in [5.74, 6) is 0.884. The quantitative estimate of drug-likeness (QED) is 0.778. The second-order valence-corrected chi connectivity index (χ2v) is 4.65. The highest BCUT2D eigenvalue weighted by Crippen LogP contribution is 2.33. The Balaban J connectivity index is 2.26. The molecule has 1 heterocycles. The number of nitrogens with zero attached hydrogens (tertiary/aromatic N) is 3. The molecule has 1 aromatic rings. The van der Waals surface area contributed by atoms with Crippen molar-refractivity contribution in [3.8, 4) is 0 Å². The minimum absolute atomic E-state index is 0.473. The normalized spacial score (nSPS) is 16.5. The molecule has 0 spiro atoms. The van der Waals surface area contributed by atoms with E-state index < -0.39 is 0 Å². The van der Waals surface area contributed by atoms with Gasteiger partial charge in [0.15, 0.2) is 0 Å². The van der Waals surface area contributed by atoms with E-state index >= 15 is 0 Å². The molecule has 5 heteroatoms. The number of hydrogen-bond acceptors (Lipinski definition) is 3. The van der Waals surface area contributed by atoms with Crippen molar-refractivity contribution in [1.29, 1.82) is 0 Å². The molecule has 3 nitrogen and oxygen atoms in total. The van der Waals surface area contributed by atoms with Gasteiger partial charge in [0, 0.05) is 13.1 Å². The molecule has 0 unspecified atom stereocenters. The van der Waals surface area contributed by atoms with Crippen molar-refractivity contribution in [3.05, 3.63) is 16.0 Å². The molecule has 0 aromatic carbocycles. The first-order valence-electron chi connectivity index (χ1n) is 4.59. The summed E-state index contributed by atoms with van der Waals surface area (Å²) in [5.41, 5.74) is 0. The molecular weight excluding hydrogens is 265 g/mol. The third-order valence-corrected chi connectivity index (χ3v) is 3.93. The van der Waals surface area contributed by atoms with Crippen molar-refractivity contribution < 1.29 is 0 Å². The van der Waals surface area contributed by atoms with Crippen LogP contribution < -0.4 is 4.90 Å². The lowest BCUT2D eigenvalue weighted by Gasteiger charge is -2.35. The van der Waals surface area contributed by atoms with Crippen LogP contribution in [-0.2, 0) is 0 Å². The van der Waals surface area contributed by atoms with Gasteiger partial charge in [-0.3, -0.25) is 0 Å². The molecule has 0 saturated heterocycles. The Morgan fingerprint density at radius 1 is 1.50 bits per heavy atom. The number of anilines is 1. The van der Waals surface area contributed by atoms with Crippen LogP contribution in [0.15, 0.2) is 10.8 Å². The van der Waals surface area contributed by atoms with Gasteiger partial charge >= 0.3 is 0 Å². The second kappa shape index (κ2) is 4.03. The van der Waals surface area contributed by atoms with Gasteiger partial charge in [-0.05, 0) is 35.2 Å². The molecule has 1 aliphatic carbocycles. The smallest absolute Gasteiger partial charge is 0.148 e. The first kappa shape index (κ1) is 10.2. The first-order chi connectivity index (χ1) is 6.70. The van der Waals surface area contributed by atoms with E-state index in [1.807, 2.05) is 7.05 Å². The maximum absolute atomic E-state index is 5.90. The summed E-state index contributed by atoms with van der Waals surface area (Å²) in [5, 5.41) is 0.473. The van der Waals surface area contributed by atoms with Gasteiger partial charge in [0.25, 0.3) is 0 Å². The van der Waals surface area contributed by atoms with Crippen LogP contribution in [0.3, 0.4) is 0 Å². The van der Waals surface area contributed by atoms with E-state index in [9.17, 15) is 0 Å². The molecular formula is C9H11BrClN3. The first-order valence-corrected chi connectivity index (χ1v) is 5.76. The number of aromatic nitrogens is 2. The van der Waals surface area contributed by atoms with Crippen LogP contribution in [0.1, 0.15) is 19.3 Å². The molecule has 76 valence electrons. The predicted octanol–water partition coefficient (Wildman–Crippen LogP) is 2.88. The van der Waals surface area contributed by atoms with Crippen LogP contribution in [-0.4, -0.2) is 23.1 Å². The fraction of sp³-hybridized carbons (Fsp3) is 0.556. The molecule has 2 rings (SSSR count). The summed E-state index contributed by atoms with van der Waals surface area (Å²) < 4.78 is 0.788. The fourth-order valence-electron chi connectivity index (χ4n) is 1.53. The van der Waals surface area contributed by atoms with Crippen molar-refractivity contribution in [2.45, 2.75) is 25.3 Å². The summed E-state index contributed by atoms with van der Waals surface area (Å²) in [7, 11) is 2.05. The molecule has 1 saturated carbocycles. The summed E-state index contributed by atoms with van der Waals surface area (Å²) in [6, 6.07) is 0.609. The Morgan fingerprint density at radius 2 is 2.21 bits per heavy atom. The number of rotatable bonds is 2. The van der Waals surface area contributed by atoms with Gasteiger partial charge < -0.3 is 4.90 Å². The number of hydrogen-bond donors (Lipinski definition) is 0. The topological polar surface area (TPSA) is 29.0 Å². The predicted molar refractivity (Wildman–Crippen MR) is 60.8 cm³/mol. The van der Waals surface area contributed by atoms with Crippen LogP contribution in [0.4, 0.5) is 5.82 Å². The van der Waals surface area contributed by atoms with Gasteiger partial charge in [-0.2, -0.15) is 0 Å². The van der Waals surface area contributed by atoms with E-state index in [0.717, 1.165) is 10.3 Å². The van der Waals surface area contributed by atoms with Crippen molar-refractivity contribution in [2.24, 2.45) is 0 Å². The molecule has 0 aliphatic heterocycles. The van der Waals surface area contributed by atoms with Gasteiger partial charge in [-0.15, -0.1) is 0 Å². The second-order valence-electron chi connectivity index (χ2n) is 3.50. The van der Waals surface area contributed by atoms with E-state index in [1.54, 1.807) is 0 Å². The minimum Gasteiger partial charge on any atom is -0.356 e. The molecule has 0 radical (unpaired) electrons. The van der Waals surface area contributed by atoms with Gasteiger partial charge in [0.05, 0.1) is 4.47 Å². The van der Waals surface area contributed by atoms with E-state index in [1.165, 1.54) is 25.6 Å². The zero-order valence-electron chi connectivity index (χ0n) is 7.87. The van der Waals surface area contributed by atoms with Crippen LogP contribution in [0.25, 0.3) is 0 Å². The van der Waals surface area contributed by atoms with Crippen molar-refractivity contribution in [3.63, 3.8) is 0 Å². The highest BCUT2D eigenvalue weighted by molar-refractivity contribution is 9.10. The Kier molecular flexibility index (Phi) is 2.93. The zero-order chi connectivity index (χ0) is 10.1. The van der Waals surface area contributed by atoms with E-state index in [-0.39, 0.29) is 0 Å².